The maximum atomic E-state index is 12.3. The van der Waals surface area contributed by atoms with Gasteiger partial charge in [0.05, 0.1) is 11.4 Å². The molecule has 0 saturated heterocycles. The van der Waals surface area contributed by atoms with E-state index in [1.54, 1.807) is 4.90 Å². The number of nitrogens with one attached hydrogen (secondary N) is 1. The molecular formula is C14H19N3O2. The van der Waals surface area contributed by atoms with E-state index in [0.717, 1.165) is 11.3 Å². The molecule has 0 radical (unpaired) electrons. The summed E-state index contributed by atoms with van der Waals surface area (Å²) < 4.78 is 0. The lowest BCUT2D eigenvalue weighted by Gasteiger charge is -2.32. The van der Waals surface area contributed by atoms with Gasteiger partial charge < -0.3 is 10.5 Å². The molecule has 2 amide bonds. The first kappa shape index (κ1) is 13.4. The maximum Gasteiger partial charge on any atom is 0.322 e. The van der Waals surface area contributed by atoms with Crippen molar-refractivity contribution in [2.75, 3.05) is 11.4 Å². The molecule has 0 fully saturated rings. The van der Waals surface area contributed by atoms with Crippen LogP contribution < -0.4 is 10.2 Å². The zero-order valence-corrected chi connectivity index (χ0v) is 11.5. The summed E-state index contributed by atoms with van der Waals surface area (Å²) in [5, 5.41) is 15.3. The average molecular weight is 261 g/mol. The number of amides is 2. The second kappa shape index (κ2) is 4.91. The Morgan fingerprint density at radius 2 is 2.05 bits per heavy atom. The molecule has 1 aromatic rings. The maximum absolute atomic E-state index is 12.3. The number of carbonyl (C=O) groups is 1. The lowest BCUT2D eigenvalue weighted by molar-refractivity contribution is 0.237. The van der Waals surface area contributed by atoms with Crippen LogP contribution in [0.1, 0.15) is 32.8 Å². The molecule has 2 rings (SSSR count). The van der Waals surface area contributed by atoms with Crippen LogP contribution in [-0.2, 0) is 0 Å². The first-order chi connectivity index (χ1) is 8.92. The summed E-state index contributed by atoms with van der Waals surface area (Å²) in [7, 11) is 0. The van der Waals surface area contributed by atoms with E-state index in [9.17, 15) is 4.79 Å². The number of carbonyl (C=O) groups excluding carboxylic acids is 1. The molecule has 0 atom stereocenters. The molecule has 1 aliphatic heterocycles. The van der Waals surface area contributed by atoms with Crippen molar-refractivity contribution in [2.45, 2.75) is 32.7 Å². The largest absolute Gasteiger partial charge is 0.411 e. The molecule has 1 aliphatic rings. The molecule has 0 spiro atoms. The monoisotopic (exact) mass is 261 g/mol. The van der Waals surface area contributed by atoms with E-state index in [2.05, 4.69) is 10.5 Å². The van der Waals surface area contributed by atoms with Crippen molar-refractivity contribution in [1.82, 2.24) is 5.32 Å². The van der Waals surface area contributed by atoms with Gasteiger partial charge in [0.1, 0.15) is 0 Å². The Balaban J connectivity index is 2.32. The van der Waals surface area contributed by atoms with Crippen LogP contribution in [0.25, 0.3) is 0 Å². The van der Waals surface area contributed by atoms with Gasteiger partial charge in [-0.3, -0.25) is 4.90 Å². The zero-order chi connectivity index (χ0) is 14.0. The van der Waals surface area contributed by atoms with E-state index in [4.69, 9.17) is 5.21 Å². The van der Waals surface area contributed by atoms with Crippen molar-refractivity contribution in [3.63, 3.8) is 0 Å². The Morgan fingerprint density at radius 1 is 1.37 bits per heavy atom. The molecule has 1 aromatic carbocycles. The van der Waals surface area contributed by atoms with E-state index >= 15 is 0 Å². The highest BCUT2D eigenvalue weighted by molar-refractivity contribution is 6.10. The van der Waals surface area contributed by atoms with Gasteiger partial charge in [-0.1, -0.05) is 23.4 Å². The summed E-state index contributed by atoms with van der Waals surface area (Å²) in [5.74, 6) is 0. The highest BCUT2D eigenvalue weighted by atomic mass is 16.4. The molecule has 2 N–H and O–H groups in total. The first-order valence-corrected chi connectivity index (χ1v) is 6.32. The van der Waals surface area contributed by atoms with Gasteiger partial charge in [-0.2, -0.15) is 0 Å². The van der Waals surface area contributed by atoms with Gasteiger partial charge in [-0.25, -0.2) is 4.79 Å². The summed E-state index contributed by atoms with van der Waals surface area (Å²) in [4.78, 5) is 14.0. The summed E-state index contributed by atoms with van der Waals surface area (Å²) >= 11 is 0. The molecule has 0 unspecified atom stereocenters. The van der Waals surface area contributed by atoms with E-state index in [-0.39, 0.29) is 11.6 Å². The number of nitrogens with zero attached hydrogens (tertiary/aromatic N) is 2. The van der Waals surface area contributed by atoms with Gasteiger partial charge in [0.15, 0.2) is 0 Å². The third-order valence-electron chi connectivity index (χ3n) is 2.93. The third kappa shape index (κ3) is 2.86. The summed E-state index contributed by atoms with van der Waals surface area (Å²) in [6.45, 7) is 6.35. The number of oxime groups is 1. The van der Waals surface area contributed by atoms with Gasteiger partial charge in [-0.15, -0.1) is 0 Å². The molecule has 19 heavy (non-hydrogen) atoms. The lowest BCUT2D eigenvalue weighted by Crippen LogP contribution is -2.50. The Labute approximate surface area is 112 Å². The van der Waals surface area contributed by atoms with E-state index in [0.29, 0.717) is 18.7 Å². The molecule has 0 aliphatic carbocycles. The number of benzene rings is 1. The summed E-state index contributed by atoms with van der Waals surface area (Å²) in [6.07, 6.45) is 0.547. The normalized spacial score (nSPS) is 17.2. The number of urea groups is 1. The molecule has 1 heterocycles. The first-order valence-electron chi connectivity index (χ1n) is 6.32. The van der Waals surface area contributed by atoms with Crippen LogP contribution in [0, 0.1) is 0 Å². The minimum atomic E-state index is -0.280. The van der Waals surface area contributed by atoms with Crippen LogP contribution in [0.2, 0.25) is 0 Å². The Morgan fingerprint density at radius 3 is 2.68 bits per heavy atom. The summed E-state index contributed by atoms with van der Waals surface area (Å²) in [5.41, 5.74) is 1.93. The topological polar surface area (TPSA) is 64.9 Å². The van der Waals surface area contributed by atoms with E-state index in [1.807, 2.05) is 45.0 Å². The fraction of sp³-hybridized carbons (Fsp3) is 0.429. The number of anilines is 1. The summed E-state index contributed by atoms with van der Waals surface area (Å²) in [6, 6.07) is 7.34. The second-order valence-electron chi connectivity index (χ2n) is 5.65. The molecule has 5 heteroatoms. The van der Waals surface area contributed by atoms with Gasteiger partial charge in [0.25, 0.3) is 0 Å². The molecule has 102 valence electrons. The van der Waals surface area contributed by atoms with Crippen LogP contribution in [0.5, 0.6) is 0 Å². The fourth-order valence-corrected chi connectivity index (χ4v) is 2.13. The highest BCUT2D eigenvalue weighted by Crippen LogP contribution is 2.27. The van der Waals surface area contributed by atoms with Gasteiger partial charge in [0.2, 0.25) is 0 Å². The number of para-hydroxylation sites is 1. The minimum absolute atomic E-state index is 0.128. The van der Waals surface area contributed by atoms with Crippen molar-refractivity contribution < 1.29 is 10.0 Å². The third-order valence-corrected chi connectivity index (χ3v) is 2.93. The van der Waals surface area contributed by atoms with Crippen molar-refractivity contribution in [2.24, 2.45) is 5.16 Å². The smallest absolute Gasteiger partial charge is 0.322 e. The van der Waals surface area contributed by atoms with E-state index < -0.39 is 0 Å². The molecule has 0 aromatic heterocycles. The number of rotatable bonds is 0. The number of hydrogen-bond acceptors (Lipinski definition) is 3. The molecule has 0 saturated carbocycles. The molecular weight excluding hydrogens is 242 g/mol. The van der Waals surface area contributed by atoms with Crippen LogP contribution in [0.4, 0.5) is 10.5 Å². The molecule has 5 nitrogen and oxygen atoms in total. The van der Waals surface area contributed by atoms with Crippen LogP contribution >= 0.6 is 0 Å². The lowest BCUT2D eigenvalue weighted by atomic mass is 10.00. The Bertz CT molecular complexity index is 518. The fourth-order valence-electron chi connectivity index (χ4n) is 2.13. The zero-order valence-electron chi connectivity index (χ0n) is 11.5. The van der Waals surface area contributed by atoms with Crippen LogP contribution in [0.15, 0.2) is 29.4 Å². The quantitative estimate of drug-likeness (QED) is 0.557. The van der Waals surface area contributed by atoms with Crippen molar-refractivity contribution in [3.8, 4) is 0 Å². The van der Waals surface area contributed by atoms with Gasteiger partial charge >= 0.3 is 6.03 Å². The standard InChI is InChI=1S/C14H19N3O2/c1-14(2,3)15-13(18)17-9-8-11(16-19)10-6-4-5-7-12(10)17/h4-7,19H,8-9H2,1-3H3,(H,15,18). The average Bonchev–Trinajstić information content (AvgIpc) is 2.35. The second-order valence-corrected chi connectivity index (χ2v) is 5.65. The van der Waals surface area contributed by atoms with Gasteiger partial charge in [-0.05, 0) is 26.8 Å². The van der Waals surface area contributed by atoms with Crippen LogP contribution in [-0.4, -0.2) is 29.0 Å². The van der Waals surface area contributed by atoms with Crippen molar-refractivity contribution in [1.29, 1.82) is 0 Å². The van der Waals surface area contributed by atoms with Gasteiger partial charge in [0, 0.05) is 24.1 Å². The predicted molar refractivity (Wildman–Crippen MR) is 75.0 cm³/mol. The number of fused-ring (bicyclic) bond motifs is 1. The highest BCUT2D eigenvalue weighted by Gasteiger charge is 2.27. The SMILES string of the molecule is CC(C)(C)NC(=O)N1CCC(=NO)c2ccccc21. The number of hydrogen-bond donors (Lipinski definition) is 2. The van der Waals surface area contributed by atoms with Crippen LogP contribution in [0.3, 0.4) is 0 Å². The Hall–Kier alpha value is -2.04. The van der Waals surface area contributed by atoms with E-state index in [1.165, 1.54) is 0 Å². The molecule has 0 bridgehead atoms. The minimum Gasteiger partial charge on any atom is -0.411 e. The van der Waals surface area contributed by atoms with Crippen molar-refractivity contribution in [3.05, 3.63) is 29.8 Å². The predicted octanol–water partition coefficient (Wildman–Crippen LogP) is 2.58. The van der Waals surface area contributed by atoms with Crippen molar-refractivity contribution >= 4 is 17.4 Å². The Kier molecular flexibility index (Phi) is 3.46.